The first-order valence-corrected chi connectivity index (χ1v) is 8.91. The Balaban J connectivity index is 1.91. The summed E-state index contributed by atoms with van der Waals surface area (Å²) in [6.45, 7) is 5.94. The van der Waals surface area contributed by atoms with Crippen molar-refractivity contribution in [3.63, 3.8) is 0 Å². The first kappa shape index (κ1) is 19.8. The van der Waals surface area contributed by atoms with Crippen LogP contribution in [0.5, 0.6) is 11.5 Å². The highest BCUT2D eigenvalue weighted by Crippen LogP contribution is 2.23. The smallest absolute Gasteiger partial charge is 0.276 e. The Labute approximate surface area is 161 Å². The van der Waals surface area contributed by atoms with Crippen LogP contribution in [0.3, 0.4) is 0 Å². The number of benzene rings is 2. The predicted octanol–water partition coefficient (Wildman–Crippen LogP) is 3.30. The third-order valence-corrected chi connectivity index (χ3v) is 3.98. The van der Waals surface area contributed by atoms with E-state index in [4.69, 9.17) is 9.47 Å². The number of amides is 2. The molecule has 2 aromatic rings. The minimum atomic E-state index is -0.477. The van der Waals surface area contributed by atoms with E-state index < -0.39 is 11.8 Å². The summed E-state index contributed by atoms with van der Waals surface area (Å²) in [5, 5.41) is 0. The quantitative estimate of drug-likeness (QED) is 0.702. The number of hydrogen-bond acceptors (Lipinski definition) is 4. The average Bonchev–Trinajstić information content (AvgIpc) is 2.60. The molecule has 2 N–H and O–H groups in total. The molecule has 2 aromatic carbocycles. The van der Waals surface area contributed by atoms with Gasteiger partial charge in [0.15, 0.2) is 6.61 Å². The van der Waals surface area contributed by atoms with Gasteiger partial charge in [0.1, 0.15) is 11.5 Å². The van der Waals surface area contributed by atoms with E-state index in [1.165, 1.54) is 0 Å². The minimum absolute atomic E-state index is 0.207. The van der Waals surface area contributed by atoms with Crippen LogP contribution in [-0.2, 0) is 4.79 Å². The maximum absolute atomic E-state index is 12.3. The zero-order chi connectivity index (χ0) is 19.1. The molecule has 7 heteroatoms. The molecule has 0 aliphatic carbocycles. The van der Waals surface area contributed by atoms with Gasteiger partial charge in [-0.1, -0.05) is 33.6 Å². The Morgan fingerprint density at radius 2 is 1.73 bits per heavy atom. The molecule has 138 valence electrons. The highest BCUT2D eigenvalue weighted by atomic mass is 79.9. The van der Waals surface area contributed by atoms with E-state index in [1.807, 2.05) is 39.0 Å². The molecule has 0 atom stereocenters. The van der Waals surface area contributed by atoms with Crippen LogP contribution in [0.15, 0.2) is 40.9 Å². The summed E-state index contributed by atoms with van der Waals surface area (Å²) in [5.41, 5.74) is 7.08. The Morgan fingerprint density at radius 3 is 2.42 bits per heavy atom. The second kappa shape index (κ2) is 9.24. The fourth-order valence-electron chi connectivity index (χ4n) is 2.30. The summed E-state index contributed by atoms with van der Waals surface area (Å²) in [4.78, 5) is 24.2. The highest BCUT2D eigenvalue weighted by Gasteiger charge is 2.14. The van der Waals surface area contributed by atoms with Crippen molar-refractivity contribution in [1.29, 1.82) is 0 Å². The number of nitrogens with one attached hydrogen (secondary N) is 2. The van der Waals surface area contributed by atoms with Gasteiger partial charge in [-0.3, -0.25) is 20.4 Å². The maximum atomic E-state index is 12.3. The standard InChI is InChI=1S/C19H21BrN2O4/c1-4-25-17-8-6-14(20)10-15(17)19(24)22-21-18(23)11-26-16-7-5-12(2)9-13(16)3/h5-10H,4,11H2,1-3H3,(H,21,23)(H,22,24). The molecule has 0 aliphatic heterocycles. The second-order valence-electron chi connectivity index (χ2n) is 5.63. The molecule has 2 rings (SSSR count). The molecule has 0 bridgehead atoms. The van der Waals surface area contributed by atoms with Gasteiger partial charge in [0.05, 0.1) is 12.2 Å². The van der Waals surface area contributed by atoms with Crippen molar-refractivity contribution in [2.24, 2.45) is 0 Å². The van der Waals surface area contributed by atoms with E-state index in [9.17, 15) is 9.59 Å². The topological polar surface area (TPSA) is 76.7 Å². The van der Waals surface area contributed by atoms with Crippen molar-refractivity contribution in [1.82, 2.24) is 10.9 Å². The molecule has 0 radical (unpaired) electrons. The normalized spacial score (nSPS) is 10.2. The molecule has 0 saturated carbocycles. The molecule has 2 amide bonds. The molecule has 0 heterocycles. The number of aryl methyl sites for hydroxylation is 2. The fourth-order valence-corrected chi connectivity index (χ4v) is 2.66. The lowest BCUT2D eigenvalue weighted by molar-refractivity contribution is -0.123. The number of ether oxygens (including phenoxy) is 2. The van der Waals surface area contributed by atoms with Crippen LogP contribution in [-0.4, -0.2) is 25.0 Å². The molecule has 0 unspecified atom stereocenters. The molecule has 0 aliphatic rings. The third kappa shape index (κ3) is 5.49. The molecule has 0 saturated heterocycles. The van der Waals surface area contributed by atoms with Gasteiger partial charge in [0.2, 0.25) is 0 Å². The van der Waals surface area contributed by atoms with Gasteiger partial charge < -0.3 is 9.47 Å². The Kier molecular flexibility index (Phi) is 7.03. The summed E-state index contributed by atoms with van der Waals surface area (Å²) in [7, 11) is 0. The summed E-state index contributed by atoms with van der Waals surface area (Å²) in [6.07, 6.45) is 0. The first-order chi connectivity index (χ1) is 12.4. The monoisotopic (exact) mass is 420 g/mol. The van der Waals surface area contributed by atoms with Crippen LogP contribution >= 0.6 is 15.9 Å². The Hall–Kier alpha value is -2.54. The van der Waals surface area contributed by atoms with Gasteiger partial charge in [0, 0.05) is 4.47 Å². The fraction of sp³-hybridized carbons (Fsp3) is 0.263. The van der Waals surface area contributed by atoms with E-state index in [2.05, 4.69) is 26.8 Å². The molecule has 6 nitrogen and oxygen atoms in total. The number of rotatable bonds is 6. The third-order valence-electron chi connectivity index (χ3n) is 3.49. The Bertz CT molecular complexity index is 808. The van der Waals surface area contributed by atoms with Gasteiger partial charge in [0.25, 0.3) is 11.8 Å². The Morgan fingerprint density at radius 1 is 1.00 bits per heavy atom. The highest BCUT2D eigenvalue weighted by molar-refractivity contribution is 9.10. The number of halogens is 1. The van der Waals surface area contributed by atoms with Crippen molar-refractivity contribution in [2.75, 3.05) is 13.2 Å². The second-order valence-corrected chi connectivity index (χ2v) is 6.55. The number of carbonyl (C=O) groups excluding carboxylic acids is 2. The lowest BCUT2D eigenvalue weighted by Gasteiger charge is -2.13. The molecule has 26 heavy (non-hydrogen) atoms. The number of hydrogen-bond donors (Lipinski definition) is 2. The van der Waals surface area contributed by atoms with Gasteiger partial charge in [-0.05, 0) is 50.6 Å². The van der Waals surface area contributed by atoms with Crippen molar-refractivity contribution < 1.29 is 19.1 Å². The van der Waals surface area contributed by atoms with E-state index >= 15 is 0 Å². The predicted molar refractivity (Wildman–Crippen MR) is 102 cm³/mol. The van der Waals surface area contributed by atoms with E-state index in [0.29, 0.717) is 23.7 Å². The molecular formula is C19H21BrN2O4. The lowest BCUT2D eigenvalue weighted by Crippen LogP contribution is -2.44. The summed E-state index contributed by atoms with van der Waals surface area (Å²) in [6, 6.07) is 10.8. The molecule has 0 spiro atoms. The van der Waals surface area contributed by atoms with Crippen molar-refractivity contribution in [2.45, 2.75) is 20.8 Å². The zero-order valence-corrected chi connectivity index (χ0v) is 16.5. The largest absolute Gasteiger partial charge is 0.493 e. The van der Waals surface area contributed by atoms with Crippen LogP contribution in [0, 0.1) is 13.8 Å². The van der Waals surface area contributed by atoms with Gasteiger partial charge >= 0.3 is 0 Å². The first-order valence-electron chi connectivity index (χ1n) is 8.12. The number of carbonyl (C=O) groups is 2. The van der Waals surface area contributed by atoms with Crippen molar-refractivity contribution in [3.8, 4) is 11.5 Å². The zero-order valence-electron chi connectivity index (χ0n) is 14.9. The van der Waals surface area contributed by atoms with Crippen LogP contribution < -0.4 is 20.3 Å². The average molecular weight is 421 g/mol. The van der Waals surface area contributed by atoms with Gasteiger partial charge in [-0.25, -0.2) is 0 Å². The van der Waals surface area contributed by atoms with Crippen LogP contribution in [0.2, 0.25) is 0 Å². The SMILES string of the molecule is CCOc1ccc(Br)cc1C(=O)NNC(=O)COc1ccc(C)cc1C. The maximum Gasteiger partial charge on any atom is 0.276 e. The molecular weight excluding hydrogens is 400 g/mol. The van der Waals surface area contributed by atoms with Crippen molar-refractivity contribution >= 4 is 27.7 Å². The number of hydrazine groups is 1. The van der Waals surface area contributed by atoms with E-state index in [1.54, 1.807) is 18.2 Å². The van der Waals surface area contributed by atoms with Gasteiger partial charge in [-0.2, -0.15) is 0 Å². The van der Waals surface area contributed by atoms with Crippen molar-refractivity contribution in [3.05, 3.63) is 57.6 Å². The minimum Gasteiger partial charge on any atom is -0.493 e. The summed E-state index contributed by atoms with van der Waals surface area (Å²) >= 11 is 3.32. The summed E-state index contributed by atoms with van der Waals surface area (Å²) < 4.78 is 11.6. The van der Waals surface area contributed by atoms with E-state index in [-0.39, 0.29) is 6.61 Å². The molecule has 0 fully saturated rings. The van der Waals surface area contributed by atoms with Crippen LogP contribution in [0.1, 0.15) is 28.4 Å². The lowest BCUT2D eigenvalue weighted by atomic mass is 10.1. The van der Waals surface area contributed by atoms with Crippen LogP contribution in [0.25, 0.3) is 0 Å². The summed E-state index contributed by atoms with van der Waals surface area (Å²) in [5.74, 6) is 0.123. The van der Waals surface area contributed by atoms with Gasteiger partial charge in [-0.15, -0.1) is 0 Å². The molecule has 0 aromatic heterocycles. The van der Waals surface area contributed by atoms with Crippen LogP contribution in [0.4, 0.5) is 0 Å². The van der Waals surface area contributed by atoms with E-state index in [0.717, 1.165) is 15.6 Å².